The van der Waals surface area contributed by atoms with Gasteiger partial charge in [0.15, 0.2) is 11.5 Å². The van der Waals surface area contributed by atoms with E-state index in [1.54, 1.807) is 38.5 Å². The highest BCUT2D eigenvalue weighted by molar-refractivity contribution is 6.00. The van der Waals surface area contributed by atoms with Crippen LogP contribution < -0.4 is 19.9 Å². The highest BCUT2D eigenvalue weighted by atomic mass is 16.5. The SMILES string of the molecule is COc1cc(OC(C)C)c(-c2ccccc2C(N)=O)cc1OC. The first-order chi connectivity index (χ1) is 11.0. The molecule has 1 amide bonds. The number of methoxy groups -OCH3 is 2. The Morgan fingerprint density at radius 1 is 0.957 bits per heavy atom. The monoisotopic (exact) mass is 315 g/mol. The Kier molecular flexibility index (Phi) is 5.11. The van der Waals surface area contributed by atoms with E-state index in [0.717, 1.165) is 5.56 Å². The Hall–Kier alpha value is -2.69. The van der Waals surface area contributed by atoms with E-state index in [4.69, 9.17) is 19.9 Å². The average molecular weight is 315 g/mol. The van der Waals surface area contributed by atoms with Crippen molar-refractivity contribution in [3.8, 4) is 28.4 Å². The number of hydrogen-bond donors (Lipinski definition) is 1. The van der Waals surface area contributed by atoms with Crippen LogP contribution in [0.3, 0.4) is 0 Å². The average Bonchev–Trinajstić information content (AvgIpc) is 2.53. The van der Waals surface area contributed by atoms with Gasteiger partial charge in [-0.3, -0.25) is 4.79 Å². The minimum atomic E-state index is -0.495. The Morgan fingerprint density at radius 2 is 1.57 bits per heavy atom. The van der Waals surface area contributed by atoms with E-state index in [-0.39, 0.29) is 6.10 Å². The van der Waals surface area contributed by atoms with Crippen molar-refractivity contribution in [3.63, 3.8) is 0 Å². The molecule has 0 aliphatic rings. The maximum absolute atomic E-state index is 11.7. The van der Waals surface area contributed by atoms with Crippen LogP contribution in [0.15, 0.2) is 36.4 Å². The van der Waals surface area contributed by atoms with Crippen LogP contribution in [0.2, 0.25) is 0 Å². The highest BCUT2D eigenvalue weighted by Crippen LogP contribution is 2.41. The van der Waals surface area contributed by atoms with Crippen molar-refractivity contribution in [2.45, 2.75) is 20.0 Å². The Labute approximate surface area is 136 Å². The van der Waals surface area contributed by atoms with Gasteiger partial charge in [-0.05, 0) is 31.5 Å². The molecule has 23 heavy (non-hydrogen) atoms. The summed E-state index contributed by atoms with van der Waals surface area (Å²) in [7, 11) is 3.12. The predicted molar refractivity (Wildman–Crippen MR) is 89.3 cm³/mol. The number of hydrogen-bond acceptors (Lipinski definition) is 4. The molecule has 0 atom stereocenters. The van der Waals surface area contributed by atoms with Crippen molar-refractivity contribution in [3.05, 3.63) is 42.0 Å². The lowest BCUT2D eigenvalue weighted by Gasteiger charge is -2.18. The number of amides is 1. The maximum Gasteiger partial charge on any atom is 0.249 e. The van der Waals surface area contributed by atoms with Gasteiger partial charge in [0, 0.05) is 17.2 Å². The molecule has 5 heteroatoms. The number of nitrogens with two attached hydrogens (primary N) is 1. The fraction of sp³-hybridized carbons (Fsp3) is 0.278. The van der Waals surface area contributed by atoms with Crippen molar-refractivity contribution in [1.29, 1.82) is 0 Å². The second-order valence-electron chi connectivity index (χ2n) is 5.28. The maximum atomic E-state index is 11.7. The molecule has 0 aliphatic carbocycles. The van der Waals surface area contributed by atoms with Gasteiger partial charge in [0.2, 0.25) is 5.91 Å². The van der Waals surface area contributed by atoms with Gasteiger partial charge in [-0.1, -0.05) is 18.2 Å². The third-order valence-corrected chi connectivity index (χ3v) is 3.33. The van der Waals surface area contributed by atoms with Gasteiger partial charge >= 0.3 is 0 Å². The third-order valence-electron chi connectivity index (χ3n) is 3.33. The molecule has 2 aromatic carbocycles. The largest absolute Gasteiger partial charge is 0.493 e. The van der Waals surface area contributed by atoms with E-state index in [9.17, 15) is 4.79 Å². The second kappa shape index (κ2) is 7.05. The van der Waals surface area contributed by atoms with Crippen LogP contribution in [0.25, 0.3) is 11.1 Å². The zero-order chi connectivity index (χ0) is 17.0. The van der Waals surface area contributed by atoms with Crippen molar-refractivity contribution in [2.24, 2.45) is 5.73 Å². The molecule has 0 aromatic heterocycles. The molecule has 0 heterocycles. The summed E-state index contributed by atoms with van der Waals surface area (Å²) in [5, 5.41) is 0. The van der Waals surface area contributed by atoms with Gasteiger partial charge in [-0.15, -0.1) is 0 Å². The standard InChI is InChI=1S/C18H21NO4/c1-11(2)23-15-10-17(22-4)16(21-3)9-14(15)12-7-5-6-8-13(12)18(19)20/h5-11H,1-4H3,(H2,19,20). The normalized spacial score (nSPS) is 10.5. The molecule has 0 spiro atoms. The molecule has 0 aliphatic heterocycles. The van der Waals surface area contributed by atoms with Gasteiger partial charge in [0.25, 0.3) is 0 Å². The van der Waals surface area contributed by atoms with E-state index in [0.29, 0.717) is 28.4 Å². The molecule has 0 radical (unpaired) electrons. The molecular weight excluding hydrogens is 294 g/mol. The highest BCUT2D eigenvalue weighted by Gasteiger charge is 2.18. The lowest BCUT2D eigenvalue weighted by molar-refractivity contribution is 0.100. The van der Waals surface area contributed by atoms with Crippen molar-refractivity contribution in [2.75, 3.05) is 14.2 Å². The number of rotatable bonds is 6. The van der Waals surface area contributed by atoms with Gasteiger partial charge in [0.1, 0.15) is 5.75 Å². The number of carbonyl (C=O) groups is 1. The summed E-state index contributed by atoms with van der Waals surface area (Å²) in [4.78, 5) is 11.7. The van der Waals surface area contributed by atoms with Crippen molar-refractivity contribution < 1.29 is 19.0 Å². The smallest absolute Gasteiger partial charge is 0.249 e. The summed E-state index contributed by atoms with van der Waals surface area (Å²) < 4.78 is 16.6. The molecule has 0 fully saturated rings. The fourth-order valence-electron chi connectivity index (χ4n) is 2.36. The van der Waals surface area contributed by atoms with Crippen LogP contribution in [0.4, 0.5) is 0 Å². The summed E-state index contributed by atoms with van der Waals surface area (Å²) in [6.07, 6.45) is -0.0346. The third kappa shape index (κ3) is 3.56. The van der Waals surface area contributed by atoms with Gasteiger partial charge in [-0.2, -0.15) is 0 Å². The topological polar surface area (TPSA) is 70.8 Å². The fourth-order valence-corrected chi connectivity index (χ4v) is 2.36. The van der Waals surface area contributed by atoms with Crippen LogP contribution in [0, 0.1) is 0 Å². The summed E-state index contributed by atoms with van der Waals surface area (Å²) >= 11 is 0. The Morgan fingerprint density at radius 3 is 2.13 bits per heavy atom. The van der Waals surface area contributed by atoms with E-state index in [1.165, 1.54) is 0 Å². The van der Waals surface area contributed by atoms with E-state index < -0.39 is 5.91 Å². The quantitative estimate of drug-likeness (QED) is 0.888. The van der Waals surface area contributed by atoms with E-state index in [2.05, 4.69) is 0 Å². The van der Waals surface area contributed by atoms with Gasteiger partial charge in [0.05, 0.1) is 20.3 Å². The summed E-state index contributed by atoms with van der Waals surface area (Å²) in [6.45, 7) is 3.86. The molecule has 0 bridgehead atoms. The van der Waals surface area contributed by atoms with Crippen LogP contribution in [0.5, 0.6) is 17.2 Å². The Balaban J connectivity index is 2.71. The van der Waals surface area contributed by atoms with E-state index in [1.807, 2.05) is 26.0 Å². The first kappa shape index (κ1) is 16.7. The molecule has 5 nitrogen and oxygen atoms in total. The van der Waals surface area contributed by atoms with Crippen LogP contribution in [-0.4, -0.2) is 26.2 Å². The lowest BCUT2D eigenvalue weighted by atomic mass is 9.98. The van der Waals surface area contributed by atoms with Crippen molar-refractivity contribution in [1.82, 2.24) is 0 Å². The zero-order valence-electron chi connectivity index (χ0n) is 13.8. The van der Waals surface area contributed by atoms with Gasteiger partial charge in [-0.25, -0.2) is 0 Å². The minimum Gasteiger partial charge on any atom is -0.493 e. The number of primary amides is 1. The predicted octanol–water partition coefficient (Wildman–Crippen LogP) is 3.26. The molecule has 2 N–H and O–H groups in total. The molecule has 2 rings (SSSR count). The summed E-state index contributed by atoms with van der Waals surface area (Å²) in [5.41, 5.74) is 7.34. The number of ether oxygens (including phenoxy) is 3. The summed E-state index contributed by atoms with van der Waals surface area (Å²) in [6, 6.07) is 10.7. The van der Waals surface area contributed by atoms with Gasteiger partial charge < -0.3 is 19.9 Å². The number of benzene rings is 2. The molecular formula is C18H21NO4. The summed E-state index contributed by atoms with van der Waals surface area (Å²) in [5.74, 6) is 1.22. The first-order valence-corrected chi connectivity index (χ1v) is 7.29. The molecule has 0 saturated carbocycles. The molecule has 122 valence electrons. The van der Waals surface area contributed by atoms with E-state index >= 15 is 0 Å². The molecule has 0 unspecified atom stereocenters. The van der Waals surface area contributed by atoms with Crippen molar-refractivity contribution >= 4 is 5.91 Å². The van der Waals surface area contributed by atoms with Crippen LogP contribution in [0.1, 0.15) is 24.2 Å². The zero-order valence-corrected chi connectivity index (χ0v) is 13.8. The number of carbonyl (C=O) groups excluding carboxylic acids is 1. The van der Waals surface area contributed by atoms with Crippen LogP contribution in [-0.2, 0) is 0 Å². The second-order valence-corrected chi connectivity index (χ2v) is 5.28. The Bertz CT molecular complexity index is 710. The molecule has 2 aromatic rings. The first-order valence-electron chi connectivity index (χ1n) is 7.29. The molecule has 0 saturated heterocycles. The minimum absolute atomic E-state index is 0.0346. The van der Waals surface area contributed by atoms with Crippen LogP contribution >= 0.6 is 0 Å². The lowest BCUT2D eigenvalue weighted by Crippen LogP contribution is -2.13.